The molecule has 25 heavy (non-hydrogen) atoms. The number of nitro groups is 1. The van der Waals surface area contributed by atoms with Crippen LogP contribution < -0.4 is 0 Å². The van der Waals surface area contributed by atoms with Gasteiger partial charge >= 0.3 is 0 Å². The van der Waals surface area contributed by atoms with E-state index in [-0.39, 0.29) is 16.5 Å². The largest absolute Gasteiger partial charge is 0.336 e. The van der Waals surface area contributed by atoms with Crippen LogP contribution >= 0.6 is 11.6 Å². The van der Waals surface area contributed by atoms with Crippen LogP contribution in [0.3, 0.4) is 0 Å². The third-order valence-electron chi connectivity index (χ3n) is 4.26. The van der Waals surface area contributed by atoms with Gasteiger partial charge in [-0.25, -0.2) is 0 Å². The molecule has 1 aliphatic heterocycles. The van der Waals surface area contributed by atoms with Crippen molar-refractivity contribution in [2.75, 3.05) is 26.2 Å². The molecule has 1 amide bonds. The van der Waals surface area contributed by atoms with Gasteiger partial charge in [0.15, 0.2) is 0 Å². The zero-order valence-electron chi connectivity index (χ0n) is 13.6. The van der Waals surface area contributed by atoms with Gasteiger partial charge in [-0.15, -0.1) is 0 Å². The number of halogens is 1. The summed E-state index contributed by atoms with van der Waals surface area (Å²) >= 11 is 5.95. The minimum atomic E-state index is -0.384. The number of nitrogens with zero attached hydrogens (tertiary/aromatic N) is 3. The highest BCUT2D eigenvalue weighted by Gasteiger charge is 2.22. The minimum Gasteiger partial charge on any atom is -0.336 e. The molecule has 0 spiro atoms. The van der Waals surface area contributed by atoms with E-state index in [1.54, 1.807) is 36.4 Å². The summed E-state index contributed by atoms with van der Waals surface area (Å²) in [6.07, 6.45) is 0. The van der Waals surface area contributed by atoms with Gasteiger partial charge in [-0.3, -0.25) is 19.8 Å². The van der Waals surface area contributed by atoms with Crippen molar-refractivity contribution < 1.29 is 9.72 Å². The lowest BCUT2D eigenvalue weighted by molar-refractivity contribution is -0.384. The summed E-state index contributed by atoms with van der Waals surface area (Å²) < 4.78 is 0. The third-order valence-corrected chi connectivity index (χ3v) is 4.49. The number of hydrogen-bond donors (Lipinski definition) is 0. The predicted octanol–water partition coefficient (Wildman–Crippen LogP) is 3.21. The average Bonchev–Trinajstić information content (AvgIpc) is 2.62. The molecule has 1 fully saturated rings. The number of amides is 1. The van der Waals surface area contributed by atoms with Crippen LogP contribution in [-0.4, -0.2) is 46.8 Å². The van der Waals surface area contributed by atoms with Crippen LogP contribution in [0.15, 0.2) is 48.5 Å². The fraction of sp³-hybridized carbons (Fsp3) is 0.278. The second-order valence-electron chi connectivity index (χ2n) is 6.01. The van der Waals surface area contributed by atoms with E-state index in [1.165, 1.54) is 6.07 Å². The third kappa shape index (κ3) is 4.35. The van der Waals surface area contributed by atoms with Crippen molar-refractivity contribution in [3.8, 4) is 0 Å². The number of nitro benzene ring substituents is 1. The molecule has 6 nitrogen and oxygen atoms in total. The molecule has 3 rings (SSSR count). The number of piperazine rings is 1. The van der Waals surface area contributed by atoms with E-state index in [0.717, 1.165) is 18.7 Å². The van der Waals surface area contributed by atoms with E-state index in [1.807, 2.05) is 11.0 Å². The molecule has 1 heterocycles. The van der Waals surface area contributed by atoms with Crippen LogP contribution in [0.1, 0.15) is 15.9 Å². The molecular weight excluding hydrogens is 342 g/mol. The normalized spacial score (nSPS) is 15.2. The van der Waals surface area contributed by atoms with E-state index in [4.69, 9.17) is 11.6 Å². The number of rotatable bonds is 4. The molecule has 0 unspecified atom stereocenters. The number of carbonyl (C=O) groups is 1. The summed E-state index contributed by atoms with van der Waals surface area (Å²) in [6.45, 7) is 3.35. The second kappa shape index (κ2) is 7.63. The second-order valence-corrected chi connectivity index (χ2v) is 6.44. The molecule has 0 atom stereocenters. The SMILES string of the molecule is O=C(c1cccc(Cl)c1)N1CCN(Cc2cccc([N+](=O)[O-])c2)CC1. The Morgan fingerprint density at radius 1 is 1.08 bits per heavy atom. The lowest BCUT2D eigenvalue weighted by Crippen LogP contribution is -2.48. The Bertz CT molecular complexity index is 789. The van der Waals surface area contributed by atoms with Crippen molar-refractivity contribution in [3.05, 3.63) is 74.8 Å². The lowest BCUT2D eigenvalue weighted by atomic mass is 10.1. The molecule has 0 aliphatic carbocycles. The highest BCUT2D eigenvalue weighted by molar-refractivity contribution is 6.30. The van der Waals surface area contributed by atoms with Gasteiger partial charge in [-0.05, 0) is 23.8 Å². The summed E-state index contributed by atoms with van der Waals surface area (Å²) in [5.74, 6) is -0.0162. The summed E-state index contributed by atoms with van der Waals surface area (Å²) in [5.41, 5.74) is 1.61. The summed E-state index contributed by atoms with van der Waals surface area (Å²) in [5, 5.41) is 11.4. The maximum Gasteiger partial charge on any atom is 0.269 e. The minimum absolute atomic E-state index is 0.0162. The van der Waals surface area contributed by atoms with Gasteiger partial charge in [0, 0.05) is 55.4 Å². The maximum absolute atomic E-state index is 12.5. The zero-order valence-corrected chi connectivity index (χ0v) is 14.4. The number of benzene rings is 2. The van der Waals surface area contributed by atoms with Crippen molar-refractivity contribution in [2.45, 2.75) is 6.54 Å². The van der Waals surface area contributed by atoms with Gasteiger partial charge in [-0.2, -0.15) is 0 Å². The molecule has 0 bridgehead atoms. The Balaban J connectivity index is 1.58. The van der Waals surface area contributed by atoms with Crippen LogP contribution in [0.4, 0.5) is 5.69 Å². The van der Waals surface area contributed by atoms with E-state index in [2.05, 4.69) is 4.90 Å². The van der Waals surface area contributed by atoms with Gasteiger partial charge in [0.2, 0.25) is 0 Å². The number of non-ortho nitro benzene ring substituents is 1. The fourth-order valence-electron chi connectivity index (χ4n) is 2.94. The molecular formula is C18H18ClN3O3. The van der Waals surface area contributed by atoms with Crippen molar-refractivity contribution in [1.82, 2.24) is 9.80 Å². The molecule has 1 aliphatic rings. The van der Waals surface area contributed by atoms with Crippen LogP contribution in [0.5, 0.6) is 0 Å². The highest BCUT2D eigenvalue weighted by atomic mass is 35.5. The van der Waals surface area contributed by atoms with Gasteiger partial charge in [0.1, 0.15) is 0 Å². The van der Waals surface area contributed by atoms with Crippen molar-refractivity contribution in [2.24, 2.45) is 0 Å². The Morgan fingerprint density at radius 2 is 1.80 bits per heavy atom. The first-order valence-corrected chi connectivity index (χ1v) is 8.41. The van der Waals surface area contributed by atoms with Crippen molar-refractivity contribution >= 4 is 23.2 Å². The Labute approximate surface area is 150 Å². The predicted molar refractivity (Wildman–Crippen MR) is 95.7 cm³/mol. The first-order valence-electron chi connectivity index (χ1n) is 8.03. The van der Waals surface area contributed by atoms with Gasteiger partial charge in [-0.1, -0.05) is 29.8 Å². The first kappa shape index (κ1) is 17.4. The lowest BCUT2D eigenvalue weighted by Gasteiger charge is -2.34. The first-order chi connectivity index (χ1) is 12.0. The molecule has 0 saturated carbocycles. The van der Waals surface area contributed by atoms with E-state index in [9.17, 15) is 14.9 Å². The van der Waals surface area contributed by atoms with E-state index in [0.29, 0.717) is 30.2 Å². The molecule has 0 radical (unpaired) electrons. The summed E-state index contributed by atoms with van der Waals surface area (Å²) in [6, 6.07) is 13.6. The van der Waals surface area contributed by atoms with E-state index >= 15 is 0 Å². The zero-order chi connectivity index (χ0) is 17.8. The molecule has 2 aromatic rings. The molecule has 130 valence electrons. The van der Waals surface area contributed by atoms with Gasteiger partial charge in [0.05, 0.1) is 4.92 Å². The Hall–Kier alpha value is -2.44. The quantitative estimate of drug-likeness (QED) is 0.621. The number of carbonyl (C=O) groups excluding carboxylic acids is 1. The topological polar surface area (TPSA) is 66.7 Å². The Morgan fingerprint density at radius 3 is 2.48 bits per heavy atom. The van der Waals surface area contributed by atoms with Crippen LogP contribution in [0, 0.1) is 10.1 Å². The molecule has 7 heteroatoms. The van der Waals surface area contributed by atoms with Crippen molar-refractivity contribution in [1.29, 1.82) is 0 Å². The Kier molecular flexibility index (Phi) is 5.31. The number of hydrogen-bond acceptors (Lipinski definition) is 4. The van der Waals surface area contributed by atoms with Gasteiger partial charge in [0.25, 0.3) is 11.6 Å². The molecule has 0 N–H and O–H groups in total. The average molecular weight is 360 g/mol. The summed E-state index contributed by atoms with van der Waals surface area (Å²) in [4.78, 5) is 27.0. The molecule has 1 saturated heterocycles. The standard InChI is InChI=1S/C18H18ClN3O3/c19-16-5-2-4-15(12-16)18(23)21-9-7-20(8-10-21)13-14-3-1-6-17(11-14)22(24)25/h1-6,11-12H,7-10,13H2. The fourth-order valence-corrected chi connectivity index (χ4v) is 3.13. The van der Waals surface area contributed by atoms with E-state index < -0.39 is 0 Å². The maximum atomic E-state index is 12.5. The molecule has 0 aromatic heterocycles. The van der Waals surface area contributed by atoms with Gasteiger partial charge < -0.3 is 4.90 Å². The molecule has 2 aromatic carbocycles. The summed E-state index contributed by atoms with van der Waals surface area (Å²) in [7, 11) is 0. The highest BCUT2D eigenvalue weighted by Crippen LogP contribution is 2.17. The van der Waals surface area contributed by atoms with Crippen molar-refractivity contribution in [3.63, 3.8) is 0 Å². The van der Waals surface area contributed by atoms with Crippen LogP contribution in [-0.2, 0) is 6.54 Å². The van der Waals surface area contributed by atoms with Crippen LogP contribution in [0.25, 0.3) is 0 Å². The monoisotopic (exact) mass is 359 g/mol. The van der Waals surface area contributed by atoms with Crippen LogP contribution in [0.2, 0.25) is 5.02 Å². The smallest absolute Gasteiger partial charge is 0.269 e.